The van der Waals surface area contributed by atoms with Crippen molar-refractivity contribution in [3.8, 4) is 0 Å². The fourth-order valence-electron chi connectivity index (χ4n) is 2.44. The maximum Gasteiger partial charge on any atom is 0.240 e. The van der Waals surface area contributed by atoms with E-state index < -0.39 is 5.38 Å². The van der Waals surface area contributed by atoms with Crippen LogP contribution in [0.1, 0.15) is 29.7 Å². The topological polar surface area (TPSA) is 20.3 Å². The summed E-state index contributed by atoms with van der Waals surface area (Å²) < 4.78 is 0. The molecule has 104 valence electrons. The molecule has 1 aromatic carbocycles. The van der Waals surface area contributed by atoms with Crippen molar-refractivity contribution >= 4 is 29.3 Å². The molecule has 4 heteroatoms. The Morgan fingerprint density at radius 2 is 2.16 bits per heavy atom. The van der Waals surface area contributed by atoms with Crippen LogP contribution in [0.4, 0.5) is 0 Å². The Hall–Kier alpha value is -0.670. The summed E-state index contributed by atoms with van der Waals surface area (Å²) in [5.74, 6) is 1.04. The molecule has 1 fully saturated rings. The predicted molar refractivity (Wildman–Crippen MR) is 82.9 cm³/mol. The number of hydrogen-bond acceptors (Lipinski definition) is 2. The van der Waals surface area contributed by atoms with E-state index in [4.69, 9.17) is 11.6 Å². The molecule has 0 N–H and O–H groups in total. The van der Waals surface area contributed by atoms with Crippen LogP contribution in [0.5, 0.6) is 0 Å². The maximum atomic E-state index is 11.9. The quantitative estimate of drug-likeness (QED) is 0.777. The van der Waals surface area contributed by atoms with E-state index in [1.807, 2.05) is 16.7 Å². The number of nitrogens with zero attached hydrogens (tertiary/aromatic N) is 1. The highest BCUT2D eigenvalue weighted by atomic mass is 35.5. The van der Waals surface area contributed by atoms with Crippen LogP contribution in [0.3, 0.4) is 0 Å². The molecule has 1 heterocycles. The molecule has 0 radical (unpaired) electrons. The Balaban J connectivity index is 2.05. The second kappa shape index (κ2) is 6.67. The van der Waals surface area contributed by atoms with Crippen LogP contribution in [0.25, 0.3) is 0 Å². The average Bonchev–Trinajstić information content (AvgIpc) is 2.64. The highest BCUT2D eigenvalue weighted by molar-refractivity contribution is 7.99. The van der Waals surface area contributed by atoms with Crippen molar-refractivity contribution in [2.75, 3.05) is 18.8 Å². The van der Waals surface area contributed by atoms with E-state index in [1.165, 1.54) is 11.1 Å². The van der Waals surface area contributed by atoms with Crippen LogP contribution in [-0.2, 0) is 4.79 Å². The normalized spacial score (nSPS) is 21.8. The fraction of sp³-hybridized carbons (Fsp3) is 0.533. The molecule has 2 rings (SSSR count). The minimum Gasteiger partial charge on any atom is -0.341 e. The Morgan fingerprint density at radius 1 is 1.42 bits per heavy atom. The SMILES string of the molecule is Cc1ccccc1C1CCN(C(=O)C(C)Cl)CCS1. The summed E-state index contributed by atoms with van der Waals surface area (Å²) in [4.78, 5) is 13.9. The fourth-order valence-corrected chi connectivity index (χ4v) is 3.90. The average molecular weight is 298 g/mol. The second-order valence-electron chi connectivity index (χ2n) is 4.95. The lowest BCUT2D eigenvalue weighted by atomic mass is 10.0. The number of aryl methyl sites for hydroxylation is 1. The van der Waals surface area contributed by atoms with E-state index in [0.29, 0.717) is 5.25 Å². The smallest absolute Gasteiger partial charge is 0.240 e. The van der Waals surface area contributed by atoms with E-state index in [0.717, 1.165) is 25.3 Å². The number of carbonyl (C=O) groups excluding carboxylic acids is 1. The van der Waals surface area contributed by atoms with E-state index >= 15 is 0 Å². The van der Waals surface area contributed by atoms with Gasteiger partial charge in [-0.05, 0) is 31.4 Å². The summed E-state index contributed by atoms with van der Waals surface area (Å²) in [7, 11) is 0. The van der Waals surface area contributed by atoms with Crippen molar-refractivity contribution in [1.29, 1.82) is 0 Å². The molecule has 1 aliphatic rings. The third kappa shape index (κ3) is 3.67. The summed E-state index contributed by atoms with van der Waals surface area (Å²) in [5.41, 5.74) is 2.74. The van der Waals surface area contributed by atoms with Crippen LogP contribution < -0.4 is 0 Å². The largest absolute Gasteiger partial charge is 0.341 e. The molecule has 1 saturated heterocycles. The van der Waals surface area contributed by atoms with Gasteiger partial charge in [0.05, 0.1) is 0 Å². The highest BCUT2D eigenvalue weighted by Gasteiger charge is 2.24. The van der Waals surface area contributed by atoms with E-state index in [2.05, 4.69) is 31.2 Å². The zero-order valence-electron chi connectivity index (χ0n) is 11.4. The van der Waals surface area contributed by atoms with Gasteiger partial charge in [0.25, 0.3) is 0 Å². The molecular weight excluding hydrogens is 278 g/mol. The Morgan fingerprint density at radius 3 is 2.84 bits per heavy atom. The number of carbonyl (C=O) groups is 1. The first kappa shape index (κ1) is 14.7. The number of alkyl halides is 1. The zero-order chi connectivity index (χ0) is 13.8. The van der Waals surface area contributed by atoms with Crippen LogP contribution in [-0.4, -0.2) is 35.0 Å². The second-order valence-corrected chi connectivity index (χ2v) is 6.91. The number of hydrogen-bond donors (Lipinski definition) is 0. The summed E-state index contributed by atoms with van der Waals surface area (Å²) >= 11 is 7.84. The Bertz CT molecular complexity index is 450. The van der Waals surface area contributed by atoms with Gasteiger partial charge in [-0.2, -0.15) is 11.8 Å². The molecule has 1 aliphatic heterocycles. The molecule has 19 heavy (non-hydrogen) atoms. The highest BCUT2D eigenvalue weighted by Crippen LogP contribution is 2.36. The first-order valence-electron chi connectivity index (χ1n) is 6.69. The number of rotatable bonds is 2. The van der Waals surface area contributed by atoms with Gasteiger partial charge in [0, 0.05) is 24.1 Å². The third-order valence-corrected chi connectivity index (χ3v) is 5.03. The molecule has 0 saturated carbocycles. The molecule has 0 bridgehead atoms. The first-order chi connectivity index (χ1) is 9.09. The Labute approximate surface area is 124 Å². The van der Waals surface area contributed by atoms with Gasteiger partial charge in [0.1, 0.15) is 5.38 Å². The lowest BCUT2D eigenvalue weighted by Gasteiger charge is -2.21. The number of benzene rings is 1. The van der Waals surface area contributed by atoms with Gasteiger partial charge in [-0.15, -0.1) is 11.6 Å². The first-order valence-corrected chi connectivity index (χ1v) is 8.18. The van der Waals surface area contributed by atoms with Crippen molar-refractivity contribution in [3.05, 3.63) is 35.4 Å². The van der Waals surface area contributed by atoms with Gasteiger partial charge < -0.3 is 4.90 Å². The summed E-state index contributed by atoms with van der Waals surface area (Å²) in [5, 5.41) is 0.0737. The summed E-state index contributed by atoms with van der Waals surface area (Å²) in [6, 6.07) is 8.53. The van der Waals surface area contributed by atoms with Gasteiger partial charge in [0.15, 0.2) is 0 Å². The number of amides is 1. The molecule has 0 aromatic heterocycles. The predicted octanol–water partition coefficient (Wildman–Crippen LogP) is 3.63. The molecular formula is C15H20ClNOS. The van der Waals surface area contributed by atoms with Crippen LogP contribution >= 0.6 is 23.4 Å². The van der Waals surface area contributed by atoms with Gasteiger partial charge in [-0.1, -0.05) is 24.3 Å². The van der Waals surface area contributed by atoms with E-state index in [1.54, 1.807) is 6.92 Å². The van der Waals surface area contributed by atoms with Gasteiger partial charge >= 0.3 is 0 Å². The van der Waals surface area contributed by atoms with Crippen molar-refractivity contribution < 1.29 is 4.79 Å². The standard InChI is InChI=1S/C15H20ClNOS/c1-11-5-3-4-6-13(11)14-7-8-17(9-10-19-14)15(18)12(2)16/h3-6,12,14H,7-10H2,1-2H3. The maximum absolute atomic E-state index is 11.9. The molecule has 1 amide bonds. The molecule has 2 atom stereocenters. The molecule has 2 unspecified atom stereocenters. The van der Waals surface area contributed by atoms with Crippen molar-refractivity contribution in [3.63, 3.8) is 0 Å². The molecule has 0 aliphatic carbocycles. The van der Waals surface area contributed by atoms with Crippen molar-refractivity contribution in [1.82, 2.24) is 4.90 Å². The molecule has 1 aromatic rings. The van der Waals surface area contributed by atoms with Crippen molar-refractivity contribution in [2.24, 2.45) is 0 Å². The Kier molecular flexibility index (Phi) is 5.17. The number of thioether (sulfide) groups is 1. The summed E-state index contributed by atoms with van der Waals surface area (Å²) in [6.07, 6.45) is 1.00. The molecule has 0 spiro atoms. The van der Waals surface area contributed by atoms with E-state index in [9.17, 15) is 4.79 Å². The lowest BCUT2D eigenvalue weighted by Crippen LogP contribution is -2.37. The van der Waals surface area contributed by atoms with E-state index in [-0.39, 0.29) is 5.91 Å². The van der Waals surface area contributed by atoms with Gasteiger partial charge in [0.2, 0.25) is 5.91 Å². The number of halogens is 1. The monoisotopic (exact) mass is 297 g/mol. The van der Waals surface area contributed by atoms with Crippen LogP contribution in [0.2, 0.25) is 0 Å². The zero-order valence-corrected chi connectivity index (χ0v) is 13.0. The van der Waals surface area contributed by atoms with Crippen molar-refractivity contribution in [2.45, 2.75) is 30.9 Å². The lowest BCUT2D eigenvalue weighted by molar-refractivity contribution is -0.130. The van der Waals surface area contributed by atoms with Crippen LogP contribution in [0, 0.1) is 6.92 Å². The summed E-state index contributed by atoms with van der Waals surface area (Å²) in [6.45, 7) is 5.52. The van der Waals surface area contributed by atoms with Crippen LogP contribution in [0.15, 0.2) is 24.3 Å². The van der Waals surface area contributed by atoms with Gasteiger partial charge in [-0.25, -0.2) is 0 Å². The molecule has 2 nitrogen and oxygen atoms in total. The minimum atomic E-state index is -0.417. The minimum absolute atomic E-state index is 0.0627. The van der Waals surface area contributed by atoms with Gasteiger partial charge in [-0.3, -0.25) is 4.79 Å². The third-order valence-electron chi connectivity index (χ3n) is 3.53.